The summed E-state index contributed by atoms with van der Waals surface area (Å²) in [6.07, 6.45) is 1.30. The first-order valence-corrected chi connectivity index (χ1v) is 2.27. The van der Waals surface area contributed by atoms with Crippen LogP contribution in [-0.4, -0.2) is 7.28 Å². The van der Waals surface area contributed by atoms with E-state index in [-0.39, 0.29) is 0 Å². The zero-order valence-corrected chi connectivity index (χ0v) is 3.83. The normalized spacial score (nSPS) is 26.2. The first-order valence-electron chi connectivity index (χ1n) is 1.75. The van der Waals surface area contributed by atoms with Gasteiger partial charge in [-0.15, -0.1) is 5.47 Å². The minimum atomic E-state index is 1.30. The van der Waals surface area contributed by atoms with Crippen LogP contribution in [0.1, 0.15) is 0 Å². The van der Waals surface area contributed by atoms with Gasteiger partial charge in [-0.3, -0.25) is 0 Å². The minimum Gasteiger partial charge on any atom is -0.152 e. The molecule has 1 rings (SSSR count). The van der Waals surface area contributed by atoms with Crippen LogP contribution in [0.4, 0.5) is 0 Å². The van der Waals surface area contributed by atoms with E-state index in [0.29, 0.717) is 0 Å². The number of allylic oxidation sites excluding steroid dienone is 1. The lowest BCUT2D eigenvalue weighted by Gasteiger charge is -1.54. The largest absolute Gasteiger partial charge is 0.155 e. The molecule has 0 aromatic carbocycles. The van der Waals surface area contributed by atoms with Gasteiger partial charge in [-0.1, -0.05) is 6.32 Å². The first-order chi connectivity index (χ1) is 2.43. The van der Waals surface area contributed by atoms with Gasteiger partial charge in [0, 0.05) is 0 Å². The standard InChI is InChI=1S/C3H5BS/c5-2-3-1-4-3/h2,4-5H,1H2/b3-2+. The van der Waals surface area contributed by atoms with Crippen LogP contribution in [-0.2, 0) is 0 Å². The smallest absolute Gasteiger partial charge is 0.152 e. The monoisotopic (exact) mass is 84.0 g/mol. The Labute approximate surface area is 37.9 Å². The second-order valence-corrected chi connectivity index (χ2v) is 1.55. The van der Waals surface area contributed by atoms with Gasteiger partial charge < -0.3 is 0 Å². The summed E-state index contributed by atoms with van der Waals surface area (Å²) in [4.78, 5) is 0. The van der Waals surface area contributed by atoms with Crippen LogP contribution in [0, 0.1) is 0 Å². The summed E-state index contributed by atoms with van der Waals surface area (Å²) in [6, 6.07) is 0. The lowest BCUT2D eigenvalue weighted by molar-refractivity contribution is 1.89. The Morgan fingerprint density at radius 3 is 2.60 bits per heavy atom. The highest BCUT2D eigenvalue weighted by Crippen LogP contribution is 2.17. The lowest BCUT2D eigenvalue weighted by Crippen LogP contribution is -1.36. The van der Waals surface area contributed by atoms with E-state index in [0.717, 1.165) is 0 Å². The Morgan fingerprint density at radius 2 is 2.60 bits per heavy atom. The molecule has 1 saturated heterocycles. The Kier molecular flexibility index (Phi) is 0.731. The third-order valence-electron chi connectivity index (χ3n) is 0.721. The number of thiol groups is 1. The fourth-order valence-corrected chi connectivity index (χ4v) is 0.459. The molecule has 0 amide bonds. The van der Waals surface area contributed by atoms with E-state index in [9.17, 15) is 0 Å². The molecule has 5 heavy (non-hydrogen) atoms. The van der Waals surface area contributed by atoms with Crippen LogP contribution < -0.4 is 0 Å². The van der Waals surface area contributed by atoms with Crippen LogP contribution in [0.25, 0.3) is 0 Å². The van der Waals surface area contributed by atoms with Crippen molar-refractivity contribution in [1.82, 2.24) is 0 Å². The van der Waals surface area contributed by atoms with E-state index in [4.69, 9.17) is 0 Å². The summed E-state index contributed by atoms with van der Waals surface area (Å²) in [5, 5.41) is 1.89. The molecule has 0 aromatic rings. The molecular weight excluding hydrogens is 78.9 g/mol. The van der Waals surface area contributed by atoms with Crippen LogP contribution in [0.3, 0.4) is 0 Å². The van der Waals surface area contributed by atoms with Crippen molar-refractivity contribution in [2.45, 2.75) is 6.32 Å². The number of hydrogen-bond acceptors (Lipinski definition) is 1. The van der Waals surface area contributed by atoms with Crippen molar-refractivity contribution < 1.29 is 0 Å². The lowest BCUT2D eigenvalue weighted by atomic mass is 10.1. The molecule has 0 spiro atoms. The van der Waals surface area contributed by atoms with Gasteiger partial charge in [-0.05, 0) is 5.41 Å². The predicted octanol–water partition coefficient (Wildman–Crippen LogP) is 0.626. The summed E-state index contributed by atoms with van der Waals surface area (Å²) in [7, 11) is 1.30. The average Bonchev–Trinajstić information content (AvgIpc) is 2.12. The van der Waals surface area contributed by atoms with E-state index in [1.54, 1.807) is 0 Å². The van der Waals surface area contributed by atoms with Gasteiger partial charge in [0.1, 0.15) is 0 Å². The van der Waals surface area contributed by atoms with E-state index in [1.165, 1.54) is 19.1 Å². The molecule has 0 saturated carbocycles. The molecule has 2 heteroatoms. The summed E-state index contributed by atoms with van der Waals surface area (Å²) in [5.74, 6) is 0. The van der Waals surface area contributed by atoms with Gasteiger partial charge in [-0.2, -0.15) is 12.6 Å². The van der Waals surface area contributed by atoms with Crippen molar-refractivity contribution in [3.8, 4) is 0 Å². The van der Waals surface area contributed by atoms with Crippen molar-refractivity contribution >= 4 is 19.9 Å². The molecular formula is C3H5BS. The maximum Gasteiger partial charge on any atom is 0.155 e. The van der Waals surface area contributed by atoms with E-state index >= 15 is 0 Å². The molecule has 0 bridgehead atoms. The predicted molar refractivity (Wildman–Crippen MR) is 29.0 cm³/mol. The number of rotatable bonds is 0. The van der Waals surface area contributed by atoms with Crippen LogP contribution in [0.15, 0.2) is 10.9 Å². The third kappa shape index (κ3) is 0.726. The Morgan fingerprint density at radius 1 is 2.00 bits per heavy atom. The fraction of sp³-hybridized carbons (Fsp3) is 0.333. The molecule has 1 heterocycles. The summed E-state index contributed by atoms with van der Waals surface area (Å²) in [5.41, 5.74) is 1.49. The van der Waals surface area contributed by atoms with E-state index < -0.39 is 0 Å². The molecule has 1 fully saturated rings. The second kappa shape index (κ2) is 1.09. The zero-order chi connectivity index (χ0) is 3.70. The van der Waals surface area contributed by atoms with Gasteiger partial charge >= 0.3 is 0 Å². The van der Waals surface area contributed by atoms with Crippen LogP contribution in [0.2, 0.25) is 6.32 Å². The van der Waals surface area contributed by atoms with E-state index in [2.05, 4.69) is 12.6 Å². The van der Waals surface area contributed by atoms with Crippen molar-refractivity contribution in [3.05, 3.63) is 10.9 Å². The highest BCUT2D eigenvalue weighted by atomic mass is 32.1. The average molecular weight is 84.0 g/mol. The fourth-order valence-electron chi connectivity index (χ4n) is 0.201. The van der Waals surface area contributed by atoms with Gasteiger partial charge in [0.05, 0.1) is 0 Å². The van der Waals surface area contributed by atoms with Crippen molar-refractivity contribution in [2.24, 2.45) is 0 Å². The maximum atomic E-state index is 3.92. The molecule has 0 radical (unpaired) electrons. The van der Waals surface area contributed by atoms with Crippen LogP contribution >= 0.6 is 12.6 Å². The van der Waals surface area contributed by atoms with E-state index in [1.807, 2.05) is 5.41 Å². The molecule has 0 aliphatic carbocycles. The van der Waals surface area contributed by atoms with Gasteiger partial charge in [0.2, 0.25) is 0 Å². The zero-order valence-electron chi connectivity index (χ0n) is 2.94. The quantitative estimate of drug-likeness (QED) is 0.323. The summed E-state index contributed by atoms with van der Waals surface area (Å²) >= 11 is 3.92. The Balaban J connectivity index is 2.46. The minimum absolute atomic E-state index is 1.30. The number of hydrogen-bond donors (Lipinski definition) is 1. The van der Waals surface area contributed by atoms with Gasteiger partial charge in [-0.25, -0.2) is 0 Å². The second-order valence-electron chi connectivity index (χ2n) is 1.29. The third-order valence-corrected chi connectivity index (χ3v) is 1.09. The topological polar surface area (TPSA) is 0 Å². The van der Waals surface area contributed by atoms with Crippen molar-refractivity contribution in [2.75, 3.05) is 0 Å². The first kappa shape index (κ1) is 3.35. The van der Waals surface area contributed by atoms with Gasteiger partial charge in [0.25, 0.3) is 0 Å². The Bertz CT molecular complexity index is 61.3. The summed E-state index contributed by atoms with van der Waals surface area (Å²) < 4.78 is 0. The molecule has 0 atom stereocenters. The van der Waals surface area contributed by atoms with Crippen molar-refractivity contribution in [1.29, 1.82) is 0 Å². The molecule has 0 aromatic heterocycles. The molecule has 1 aliphatic heterocycles. The Hall–Kier alpha value is 0.155. The highest BCUT2D eigenvalue weighted by molar-refractivity contribution is 7.83. The summed E-state index contributed by atoms with van der Waals surface area (Å²) in [6.45, 7) is 0. The SMILES string of the molecule is S/C=C1/BC1. The maximum absolute atomic E-state index is 3.92. The molecule has 1 aliphatic rings. The molecule has 26 valence electrons. The van der Waals surface area contributed by atoms with Crippen LogP contribution in [0.5, 0.6) is 0 Å². The van der Waals surface area contributed by atoms with Crippen molar-refractivity contribution in [3.63, 3.8) is 0 Å². The van der Waals surface area contributed by atoms with Gasteiger partial charge in [0.15, 0.2) is 7.28 Å². The molecule has 0 nitrogen and oxygen atoms in total. The highest BCUT2D eigenvalue weighted by Gasteiger charge is 2.10. The molecule has 0 N–H and O–H groups in total. The molecule has 0 unspecified atom stereocenters.